The number of halogens is 2. The number of esters is 1. The molecule has 0 amide bonds. The van der Waals surface area contributed by atoms with E-state index in [1.165, 1.54) is 6.92 Å². The van der Waals surface area contributed by atoms with Crippen LogP contribution in [0.15, 0.2) is 23.1 Å². The van der Waals surface area contributed by atoms with E-state index in [9.17, 15) is 17.8 Å². The molecular weight excluding hydrogens is 262 g/mol. The van der Waals surface area contributed by atoms with Gasteiger partial charge in [-0.25, -0.2) is 8.78 Å². The summed E-state index contributed by atoms with van der Waals surface area (Å²) in [7, 11) is -1.78. The fourth-order valence-corrected chi connectivity index (χ4v) is 2.62. The molecule has 0 saturated heterocycles. The summed E-state index contributed by atoms with van der Waals surface area (Å²) < 4.78 is 42.9. The minimum atomic E-state index is -1.78. The maximum absolute atomic E-state index is 13.3. The van der Waals surface area contributed by atoms with E-state index in [-0.39, 0.29) is 17.3 Å². The number of benzene rings is 1. The molecule has 0 aliphatic heterocycles. The second kappa shape index (κ2) is 6.58. The summed E-state index contributed by atoms with van der Waals surface area (Å²) in [6.07, 6.45) is 0. The summed E-state index contributed by atoms with van der Waals surface area (Å²) in [6.45, 7) is 3.42. The van der Waals surface area contributed by atoms with E-state index < -0.39 is 34.3 Å². The molecule has 18 heavy (non-hydrogen) atoms. The molecule has 1 aromatic rings. The minimum absolute atomic E-state index is 0.0980. The lowest BCUT2D eigenvalue weighted by molar-refractivity contribution is -0.146. The van der Waals surface area contributed by atoms with Gasteiger partial charge in [-0.3, -0.25) is 9.00 Å². The Labute approximate surface area is 107 Å². The Kier molecular flexibility index (Phi) is 5.40. The van der Waals surface area contributed by atoms with Gasteiger partial charge in [0.05, 0.1) is 28.2 Å². The molecule has 6 heteroatoms. The van der Waals surface area contributed by atoms with Crippen LogP contribution >= 0.6 is 0 Å². The first-order valence-corrected chi connectivity index (χ1v) is 6.77. The second-order valence-electron chi connectivity index (χ2n) is 3.74. The molecule has 2 atom stereocenters. The molecule has 100 valence electrons. The number of carbonyl (C=O) groups is 1. The Morgan fingerprint density at radius 2 is 2.11 bits per heavy atom. The van der Waals surface area contributed by atoms with Crippen molar-refractivity contribution in [3.63, 3.8) is 0 Å². The fraction of sp³-hybridized carbons (Fsp3) is 0.417. The van der Waals surface area contributed by atoms with Crippen molar-refractivity contribution in [2.45, 2.75) is 18.7 Å². The summed E-state index contributed by atoms with van der Waals surface area (Å²) in [5, 5.41) is 0. The van der Waals surface area contributed by atoms with Gasteiger partial charge in [-0.1, -0.05) is 6.92 Å². The first-order chi connectivity index (χ1) is 8.45. The molecule has 0 aromatic heterocycles. The van der Waals surface area contributed by atoms with Gasteiger partial charge in [0.15, 0.2) is 0 Å². The molecule has 0 fully saturated rings. The van der Waals surface area contributed by atoms with Gasteiger partial charge in [-0.2, -0.15) is 0 Å². The highest BCUT2D eigenvalue weighted by Crippen LogP contribution is 2.16. The first-order valence-electron chi connectivity index (χ1n) is 5.45. The highest BCUT2D eigenvalue weighted by molar-refractivity contribution is 7.85. The normalized spacial score (nSPS) is 14.0. The van der Waals surface area contributed by atoms with E-state index >= 15 is 0 Å². The van der Waals surface area contributed by atoms with Gasteiger partial charge < -0.3 is 4.74 Å². The maximum Gasteiger partial charge on any atom is 0.309 e. The molecule has 2 unspecified atom stereocenters. The van der Waals surface area contributed by atoms with Crippen LogP contribution in [0.3, 0.4) is 0 Å². The van der Waals surface area contributed by atoms with E-state index in [2.05, 4.69) is 0 Å². The summed E-state index contributed by atoms with van der Waals surface area (Å²) in [4.78, 5) is 11.1. The molecule has 0 radical (unpaired) electrons. The number of carbonyl (C=O) groups excluding carboxylic acids is 1. The zero-order valence-corrected chi connectivity index (χ0v) is 10.9. The fourth-order valence-electron chi connectivity index (χ4n) is 1.32. The summed E-state index contributed by atoms with van der Waals surface area (Å²) in [6, 6.07) is 2.74. The quantitative estimate of drug-likeness (QED) is 0.775. The lowest BCUT2D eigenvalue weighted by Crippen LogP contribution is -2.21. The predicted octanol–water partition coefficient (Wildman–Crippen LogP) is 2.27. The van der Waals surface area contributed by atoms with Crippen molar-refractivity contribution in [1.29, 1.82) is 0 Å². The van der Waals surface area contributed by atoms with Crippen LogP contribution in [0.25, 0.3) is 0 Å². The second-order valence-corrected chi connectivity index (χ2v) is 5.20. The van der Waals surface area contributed by atoms with Crippen molar-refractivity contribution in [1.82, 2.24) is 0 Å². The molecular formula is C12H14F2O3S. The molecule has 1 aromatic carbocycles. The monoisotopic (exact) mass is 276 g/mol. The van der Waals surface area contributed by atoms with Crippen LogP contribution in [-0.2, 0) is 20.3 Å². The molecule has 0 aliphatic carbocycles. The molecule has 0 N–H and O–H groups in total. The van der Waals surface area contributed by atoms with Gasteiger partial charge in [0.1, 0.15) is 11.6 Å². The van der Waals surface area contributed by atoms with E-state index in [1.807, 2.05) is 0 Å². The van der Waals surface area contributed by atoms with E-state index in [1.54, 1.807) is 6.92 Å². The molecule has 0 bridgehead atoms. The summed E-state index contributed by atoms with van der Waals surface area (Å²) >= 11 is 0. The van der Waals surface area contributed by atoms with Gasteiger partial charge >= 0.3 is 5.97 Å². The van der Waals surface area contributed by atoms with Crippen LogP contribution in [-0.4, -0.2) is 22.5 Å². The van der Waals surface area contributed by atoms with E-state index in [0.717, 1.165) is 18.2 Å². The van der Waals surface area contributed by atoms with Crippen LogP contribution in [0.1, 0.15) is 13.8 Å². The van der Waals surface area contributed by atoms with Crippen LogP contribution < -0.4 is 0 Å². The van der Waals surface area contributed by atoms with Gasteiger partial charge in [0.25, 0.3) is 0 Å². The summed E-state index contributed by atoms with van der Waals surface area (Å²) in [5.41, 5.74) is 0. The zero-order valence-electron chi connectivity index (χ0n) is 10.1. The molecule has 3 nitrogen and oxygen atoms in total. The Hall–Kier alpha value is -1.30. The molecule has 0 saturated carbocycles. The van der Waals surface area contributed by atoms with Crippen molar-refractivity contribution in [2.75, 3.05) is 12.4 Å². The molecule has 0 heterocycles. The summed E-state index contributed by atoms with van der Waals surface area (Å²) in [5.74, 6) is -2.63. The molecule has 1 rings (SSSR count). The van der Waals surface area contributed by atoms with E-state index in [0.29, 0.717) is 0 Å². The third-order valence-electron chi connectivity index (χ3n) is 2.23. The largest absolute Gasteiger partial charge is 0.466 e. The van der Waals surface area contributed by atoms with Crippen molar-refractivity contribution in [2.24, 2.45) is 5.92 Å². The van der Waals surface area contributed by atoms with E-state index in [4.69, 9.17) is 4.74 Å². The average Bonchev–Trinajstić information content (AvgIpc) is 2.32. The molecule has 0 spiro atoms. The van der Waals surface area contributed by atoms with Gasteiger partial charge in [-0.05, 0) is 25.1 Å². The Morgan fingerprint density at radius 1 is 1.44 bits per heavy atom. The van der Waals surface area contributed by atoms with Crippen LogP contribution in [0, 0.1) is 17.6 Å². The Morgan fingerprint density at radius 3 is 2.72 bits per heavy atom. The van der Waals surface area contributed by atoms with Crippen LogP contribution in [0.5, 0.6) is 0 Å². The minimum Gasteiger partial charge on any atom is -0.466 e. The van der Waals surface area contributed by atoms with Crippen molar-refractivity contribution in [3.8, 4) is 0 Å². The molecule has 0 aliphatic rings. The van der Waals surface area contributed by atoms with Gasteiger partial charge in [0, 0.05) is 5.75 Å². The van der Waals surface area contributed by atoms with Gasteiger partial charge in [-0.15, -0.1) is 0 Å². The lowest BCUT2D eigenvalue weighted by Gasteiger charge is -2.10. The lowest BCUT2D eigenvalue weighted by atomic mass is 10.2. The van der Waals surface area contributed by atoms with Crippen molar-refractivity contribution >= 4 is 16.8 Å². The van der Waals surface area contributed by atoms with Crippen molar-refractivity contribution in [3.05, 3.63) is 29.8 Å². The Bertz CT molecular complexity index is 463. The Balaban J connectivity index is 2.76. The number of rotatable bonds is 5. The third kappa shape index (κ3) is 3.87. The van der Waals surface area contributed by atoms with Gasteiger partial charge in [0.2, 0.25) is 0 Å². The van der Waals surface area contributed by atoms with Crippen molar-refractivity contribution < 1.29 is 22.5 Å². The predicted molar refractivity (Wildman–Crippen MR) is 63.4 cm³/mol. The highest BCUT2D eigenvalue weighted by atomic mass is 32.2. The maximum atomic E-state index is 13.3. The number of hydrogen-bond acceptors (Lipinski definition) is 3. The van der Waals surface area contributed by atoms with Crippen LogP contribution in [0.4, 0.5) is 8.78 Å². The standard InChI is InChI=1S/C12H14F2O3S/c1-3-17-12(15)8(2)7-18(16)11-6-9(13)4-5-10(11)14/h4-6,8H,3,7H2,1-2H3. The highest BCUT2D eigenvalue weighted by Gasteiger charge is 2.20. The number of ether oxygens (including phenoxy) is 1. The SMILES string of the molecule is CCOC(=O)C(C)CS(=O)c1cc(F)ccc1F. The topological polar surface area (TPSA) is 43.4 Å². The smallest absolute Gasteiger partial charge is 0.309 e. The zero-order chi connectivity index (χ0) is 13.7. The number of hydrogen-bond donors (Lipinski definition) is 0. The van der Waals surface area contributed by atoms with Crippen LogP contribution in [0.2, 0.25) is 0 Å². The average molecular weight is 276 g/mol. The third-order valence-corrected chi connectivity index (χ3v) is 3.84. The first kappa shape index (κ1) is 14.8.